The van der Waals surface area contributed by atoms with Crippen molar-refractivity contribution < 1.29 is 12.3 Å². The molecule has 0 bridgehead atoms. The van der Waals surface area contributed by atoms with Crippen molar-refractivity contribution in [1.82, 2.24) is 0 Å². The molecule has 0 saturated carbocycles. The Morgan fingerprint density at radius 2 is 1.60 bits per heavy atom. The van der Waals surface area contributed by atoms with Crippen LogP contribution in [0.25, 0.3) is 0 Å². The van der Waals surface area contributed by atoms with E-state index in [1.54, 1.807) is 0 Å². The molecule has 3 nitrogen and oxygen atoms in total. The molecule has 1 aliphatic heterocycles. The van der Waals surface area contributed by atoms with Gasteiger partial charge in [0.2, 0.25) is 0 Å². The fourth-order valence-corrected chi connectivity index (χ4v) is 14.0. The van der Waals surface area contributed by atoms with Gasteiger partial charge in [0.15, 0.2) is 3.79 Å². The molecule has 1 saturated heterocycles. The van der Waals surface area contributed by atoms with Crippen molar-refractivity contribution in [3.8, 4) is 0 Å². The van der Waals surface area contributed by atoms with E-state index in [4.69, 9.17) is 47.1 Å². The summed E-state index contributed by atoms with van der Waals surface area (Å²) < 4.78 is 16.0. The topological polar surface area (TPSA) is 27.7 Å². The fourth-order valence-electron chi connectivity index (χ4n) is 1.54. The molecular formula is C6H15Cl3O3Si3. The van der Waals surface area contributed by atoms with Crippen molar-refractivity contribution in [2.24, 2.45) is 0 Å². The van der Waals surface area contributed by atoms with E-state index in [9.17, 15) is 0 Å². The molecule has 0 aromatic carbocycles. The van der Waals surface area contributed by atoms with Crippen molar-refractivity contribution in [3.63, 3.8) is 0 Å². The summed E-state index contributed by atoms with van der Waals surface area (Å²) in [6, 6.07) is 0.710. The van der Waals surface area contributed by atoms with E-state index in [1.165, 1.54) is 0 Å². The molecular weight excluding hydrogens is 311 g/mol. The number of rotatable bonds is 2. The predicted molar refractivity (Wildman–Crippen MR) is 70.6 cm³/mol. The summed E-state index contributed by atoms with van der Waals surface area (Å²) in [7, 11) is -5.11. The van der Waals surface area contributed by atoms with Crippen LogP contribution in [0.15, 0.2) is 0 Å². The van der Waals surface area contributed by atoms with Crippen molar-refractivity contribution in [3.05, 3.63) is 0 Å². The summed E-state index contributed by atoms with van der Waals surface area (Å²) in [5.41, 5.74) is 0. The van der Waals surface area contributed by atoms with Crippen LogP contribution >= 0.6 is 34.8 Å². The molecule has 9 heteroatoms. The Bertz CT molecular complexity index is 215. The van der Waals surface area contributed by atoms with Gasteiger partial charge in [-0.25, -0.2) is 0 Å². The zero-order valence-corrected chi connectivity index (χ0v) is 14.5. The minimum Gasteiger partial charge on any atom is -0.420 e. The summed E-state index contributed by atoms with van der Waals surface area (Å²) in [5, 5.41) is 0. The molecule has 0 aliphatic carbocycles. The first kappa shape index (κ1) is 14.5. The van der Waals surface area contributed by atoms with E-state index in [0.717, 1.165) is 0 Å². The molecule has 0 N–H and O–H groups in total. The van der Waals surface area contributed by atoms with Gasteiger partial charge in [0, 0.05) is 0 Å². The minimum atomic E-state index is -2.13. The number of hydrogen-bond donors (Lipinski definition) is 0. The van der Waals surface area contributed by atoms with E-state index in [-0.39, 0.29) is 0 Å². The summed E-state index contributed by atoms with van der Waals surface area (Å²) in [6.07, 6.45) is 0.475. The van der Waals surface area contributed by atoms with Gasteiger partial charge in [-0.2, -0.15) is 0 Å². The highest BCUT2D eigenvalue weighted by Crippen LogP contribution is 2.35. The van der Waals surface area contributed by atoms with Crippen LogP contribution in [0.2, 0.25) is 25.7 Å². The molecule has 2 atom stereocenters. The molecule has 15 heavy (non-hydrogen) atoms. The average molecular weight is 326 g/mol. The smallest absolute Gasteiger partial charge is 0.317 e. The van der Waals surface area contributed by atoms with Crippen molar-refractivity contribution in [1.29, 1.82) is 0 Å². The van der Waals surface area contributed by atoms with Crippen LogP contribution in [0.3, 0.4) is 0 Å². The summed E-state index contributed by atoms with van der Waals surface area (Å²) in [5.74, 6) is 0. The number of alkyl halides is 3. The SMILES string of the molecule is C[SiH]1O[SiH](C)O[Si](C)(CCC(Cl)(Cl)Cl)O1. The van der Waals surface area contributed by atoms with Crippen LogP contribution in [-0.2, 0) is 12.3 Å². The van der Waals surface area contributed by atoms with Crippen molar-refractivity contribution >= 4 is 61.9 Å². The first-order chi connectivity index (χ1) is 6.70. The molecule has 0 spiro atoms. The molecule has 0 aromatic heterocycles. The Morgan fingerprint density at radius 1 is 1.13 bits per heavy atom. The predicted octanol–water partition coefficient (Wildman–Crippen LogP) is 2.58. The van der Waals surface area contributed by atoms with E-state index >= 15 is 0 Å². The molecule has 1 rings (SSSR count). The normalized spacial score (nSPS) is 38.0. The summed E-state index contributed by atoms with van der Waals surface area (Å²) in [4.78, 5) is 0. The zero-order chi connectivity index (χ0) is 11.7. The van der Waals surface area contributed by atoms with Crippen LogP contribution in [0.1, 0.15) is 6.42 Å². The second-order valence-corrected chi connectivity index (χ2v) is 14.3. The van der Waals surface area contributed by atoms with Gasteiger partial charge in [-0.1, -0.05) is 34.8 Å². The maximum absolute atomic E-state index is 5.83. The molecule has 2 unspecified atom stereocenters. The van der Waals surface area contributed by atoms with Gasteiger partial charge in [0.25, 0.3) is 18.6 Å². The van der Waals surface area contributed by atoms with Gasteiger partial charge >= 0.3 is 8.56 Å². The first-order valence-electron chi connectivity index (χ1n) is 4.78. The zero-order valence-electron chi connectivity index (χ0n) is 8.93. The van der Waals surface area contributed by atoms with Crippen LogP contribution in [0, 0.1) is 0 Å². The fraction of sp³-hybridized carbons (Fsp3) is 1.00. The highest BCUT2D eigenvalue weighted by molar-refractivity contribution is 6.82. The maximum atomic E-state index is 5.83. The van der Waals surface area contributed by atoms with Crippen LogP contribution < -0.4 is 0 Å². The van der Waals surface area contributed by atoms with Gasteiger partial charge in [-0.3, -0.25) is 0 Å². The highest BCUT2D eigenvalue weighted by atomic mass is 35.6. The molecule has 1 fully saturated rings. The molecule has 90 valence electrons. The third-order valence-corrected chi connectivity index (χ3v) is 13.5. The lowest BCUT2D eigenvalue weighted by Crippen LogP contribution is -2.54. The lowest BCUT2D eigenvalue weighted by Gasteiger charge is -2.39. The quantitative estimate of drug-likeness (QED) is 0.577. The Hall–Kier alpha value is 1.40. The Balaban J connectivity index is 2.50. The standard InChI is InChI=1S/C6H15Cl3O3Si3/c1-13-10-14(2)12-15(3,11-13)5-4-6(7,8)9/h13-14H,4-5H2,1-3H3. The van der Waals surface area contributed by atoms with Gasteiger partial charge in [-0.15, -0.1) is 0 Å². The van der Waals surface area contributed by atoms with E-state index < -0.39 is 30.9 Å². The summed E-state index contributed by atoms with van der Waals surface area (Å²) >= 11 is 17.2. The van der Waals surface area contributed by atoms with Gasteiger partial charge < -0.3 is 12.3 Å². The van der Waals surface area contributed by atoms with Crippen LogP contribution in [-0.4, -0.2) is 30.9 Å². The van der Waals surface area contributed by atoms with Gasteiger partial charge in [0.1, 0.15) is 0 Å². The maximum Gasteiger partial charge on any atom is 0.317 e. The second kappa shape index (κ2) is 5.36. The summed E-state index contributed by atoms with van der Waals surface area (Å²) in [6.45, 7) is 6.07. The molecule has 1 heterocycles. The van der Waals surface area contributed by atoms with Crippen molar-refractivity contribution in [2.45, 2.75) is 35.9 Å². The average Bonchev–Trinajstić information content (AvgIpc) is 1.97. The second-order valence-electron chi connectivity index (χ2n) is 3.76. The van der Waals surface area contributed by atoms with Crippen LogP contribution in [0.5, 0.6) is 0 Å². The Morgan fingerprint density at radius 3 is 2.00 bits per heavy atom. The third kappa shape index (κ3) is 5.51. The lowest BCUT2D eigenvalue weighted by atomic mass is 10.6. The van der Waals surface area contributed by atoms with Gasteiger partial charge in [0.05, 0.1) is 0 Å². The van der Waals surface area contributed by atoms with E-state index in [2.05, 4.69) is 0 Å². The van der Waals surface area contributed by atoms with E-state index in [1.807, 2.05) is 19.6 Å². The Kier molecular flexibility index (Phi) is 5.17. The molecule has 0 aromatic rings. The molecule has 1 aliphatic rings. The van der Waals surface area contributed by atoms with E-state index in [0.29, 0.717) is 12.5 Å². The molecule has 0 radical (unpaired) electrons. The monoisotopic (exact) mass is 324 g/mol. The highest BCUT2D eigenvalue weighted by Gasteiger charge is 2.42. The minimum absolute atomic E-state index is 0.475. The first-order valence-corrected chi connectivity index (χ1v) is 12.6. The third-order valence-electron chi connectivity index (χ3n) is 2.08. The lowest BCUT2D eigenvalue weighted by molar-refractivity contribution is 0.267. The largest absolute Gasteiger partial charge is 0.420 e. The number of halogens is 3. The Labute approximate surface area is 110 Å². The van der Waals surface area contributed by atoms with Crippen molar-refractivity contribution in [2.75, 3.05) is 0 Å². The van der Waals surface area contributed by atoms with Gasteiger partial charge in [-0.05, 0) is 32.1 Å². The number of hydrogen-bond acceptors (Lipinski definition) is 3. The van der Waals surface area contributed by atoms with Crippen LogP contribution in [0.4, 0.5) is 0 Å². The molecule has 0 amide bonds.